The van der Waals surface area contributed by atoms with Crippen LogP contribution in [-0.4, -0.2) is 31.7 Å². The maximum absolute atomic E-state index is 13.4. The lowest BCUT2D eigenvalue weighted by Crippen LogP contribution is -2.20. The Morgan fingerprint density at radius 3 is 2.70 bits per heavy atom. The topological polar surface area (TPSA) is 46.8 Å². The Balaban J connectivity index is 1.67. The molecular formula is C20H22FN5S. The smallest absolute Gasteiger partial charge is 0.191 e. The fourth-order valence-corrected chi connectivity index (χ4v) is 3.64. The van der Waals surface area contributed by atoms with Gasteiger partial charge < -0.3 is 4.57 Å². The number of aromatic nitrogens is 4. The third kappa shape index (κ3) is 5.48. The second-order valence-electron chi connectivity index (χ2n) is 6.24. The van der Waals surface area contributed by atoms with Crippen LogP contribution in [-0.2, 0) is 25.4 Å². The van der Waals surface area contributed by atoms with E-state index in [0.29, 0.717) is 18.8 Å². The highest BCUT2D eigenvalue weighted by atomic mass is 32.2. The van der Waals surface area contributed by atoms with Crippen LogP contribution in [0.25, 0.3) is 0 Å². The number of halogens is 1. The summed E-state index contributed by atoms with van der Waals surface area (Å²) in [5.74, 6) is 1.30. The number of pyridine rings is 1. The van der Waals surface area contributed by atoms with Crippen molar-refractivity contribution in [2.24, 2.45) is 0 Å². The number of rotatable bonds is 9. The van der Waals surface area contributed by atoms with Crippen LogP contribution in [0.3, 0.4) is 0 Å². The zero-order valence-corrected chi connectivity index (χ0v) is 16.1. The van der Waals surface area contributed by atoms with Crippen LogP contribution in [0.2, 0.25) is 0 Å². The summed E-state index contributed by atoms with van der Waals surface area (Å²) >= 11 is 1.55. The molecule has 0 amide bonds. The van der Waals surface area contributed by atoms with Crippen molar-refractivity contribution in [3.8, 4) is 0 Å². The van der Waals surface area contributed by atoms with E-state index in [1.165, 1.54) is 11.6 Å². The SMILES string of the molecule is C=CCn1c(CN(C)Cc2ccncc2)nnc1SCc1cccc(F)c1. The average molecular weight is 383 g/mol. The molecule has 0 bridgehead atoms. The van der Waals surface area contributed by atoms with Crippen LogP contribution in [0.1, 0.15) is 17.0 Å². The molecule has 3 rings (SSSR count). The molecule has 0 radical (unpaired) electrons. The van der Waals surface area contributed by atoms with Gasteiger partial charge in [0.25, 0.3) is 0 Å². The number of hydrogen-bond acceptors (Lipinski definition) is 5. The van der Waals surface area contributed by atoms with E-state index in [1.807, 2.05) is 31.3 Å². The van der Waals surface area contributed by atoms with E-state index in [4.69, 9.17) is 0 Å². The Morgan fingerprint density at radius 2 is 1.96 bits per heavy atom. The summed E-state index contributed by atoms with van der Waals surface area (Å²) in [5.41, 5.74) is 2.12. The molecule has 0 spiro atoms. The third-order valence-electron chi connectivity index (χ3n) is 3.98. The van der Waals surface area contributed by atoms with E-state index in [2.05, 4.69) is 31.2 Å². The predicted molar refractivity (Wildman–Crippen MR) is 106 cm³/mol. The molecule has 140 valence electrons. The minimum Gasteiger partial charge on any atom is -0.301 e. The minimum atomic E-state index is -0.223. The van der Waals surface area contributed by atoms with Gasteiger partial charge in [0, 0.05) is 31.2 Å². The van der Waals surface area contributed by atoms with Crippen molar-refractivity contribution in [1.82, 2.24) is 24.6 Å². The van der Waals surface area contributed by atoms with Gasteiger partial charge in [0.05, 0.1) is 6.54 Å². The van der Waals surface area contributed by atoms with Crippen LogP contribution in [0, 0.1) is 5.82 Å². The van der Waals surface area contributed by atoms with Crippen molar-refractivity contribution in [2.45, 2.75) is 30.5 Å². The molecule has 7 heteroatoms. The number of hydrogen-bond donors (Lipinski definition) is 0. The van der Waals surface area contributed by atoms with Crippen LogP contribution >= 0.6 is 11.8 Å². The van der Waals surface area contributed by atoms with Gasteiger partial charge >= 0.3 is 0 Å². The monoisotopic (exact) mass is 383 g/mol. The fraction of sp³-hybridized carbons (Fsp3) is 0.250. The second-order valence-corrected chi connectivity index (χ2v) is 7.19. The molecule has 0 saturated carbocycles. The Hall–Kier alpha value is -2.51. The molecule has 0 aliphatic carbocycles. The van der Waals surface area contributed by atoms with Crippen LogP contribution in [0.15, 0.2) is 66.6 Å². The molecule has 2 heterocycles. The first-order valence-electron chi connectivity index (χ1n) is 8.63. The second kappa shape index (κ2) is 9.43. The molecule has 2 aromatic heterocycles. The van der Waals surface area contributed by atoms with Crippen LogP contribution in [0.5, 0.6) is 0 Å². The molecule has 0 aliphatic rings. The van der Waals surface area contributed by atoms with Crippen molar-refractivity contribution in [1.29, 1.82) is 0 Å². The van der Waals surface area contributed by atoms with Crippen molar-refractivity contribution in [3.63, 3.8) is 0 Å². The van der Waals surface area contributed by atoms with Crippen molar-refractivity contribution < 1.29 is 4.39 Å². The molecular weight excluding hydrogens is 361 g/mol. The first kappa shape index (κ1) is 19.3. The molecule has 0 N–H and O–H groups in total. The molecule has 3 aromatic rings. The van der Waals surface area contributed by atoms with Crippen molar-refractivity contribution >= 4 is 11.8 Å². The number of allylic oxidation sites excluding steroid dienone is 1. The highest BCUT2D eigenvalue weighted by Gasteiger charge is 2.14. The molecule has 1 aromatic carbocycles. The van der Waals surface area contributed by atoms with Crippen LogP contribution < -0.4 is 0 Å². The Labute approximate surface area is 163 Å². The number of nitrogens with zero attached hydrogens (tertiary/aromatic N) is 5. The summed E-state index contributed by atoms with van der Waals surface area (Å²) in [7, 11) is 2.05. The van der Waals surface area contributed by atoms with Gasteiger partial charge in [0.2, 0.25) is 0 Å². The van der Waals surface area contributed by atoms with Crippen LogP contribution in [0.4, 0.5) is 4.39 Å². The van der Waals surface area contributed by atoms with Gasteiger partial charge in [-0.15, -0.1) is 16.8 Å². The molecule has 27 heavy (non-hydrogen) atoms. The minimum absolute atomic E-state index is 0.223. The normalized spacial score (nSPS) is 11.1. The predicted octanol–water partition coefficient (Wildman–Crippen LogP) is 3.92. The van der Waals surface area contributed by atoms with Gasteiger partial charge in [-0.3, -0.25) is 9.88 Å². The quantitative estimate of drug-likeness (QED) is 0.414. The summed E-state index contributed by atoms with van der Waals surface area (Å²) < 4.78 is 15.4. The van der Waals surface area contributed by atoms with Crippen molar-refractivity contribution in [3.05, 3.63) is 84.2 Å². The highest BCUT2D eigenvalue weighted by molar-refractivity contribution is 7.98. The van der Waals surface area contributed by atoms with Gasteiger partial charge in [0.15, 0.2) is 5.16 Å². The molecule has 0 fully saturated rings. The Kier molecular flexibility index (Phi) is 6.73. The lowest BCUT2D eigenvalue weighted by molar-refractivity contribution is 0.304. The van der Waals surface area contributed by atoms with Gasteiger partial charge in [-0.1, -0.05) is 30.0 Å². The summed E-state index contributed by atoms with van der Waals surface area (Å²) in [6.45, 7) is 5.95. The van der Waals surface area contributed by atoms with E-state index < -0.39 is 0 Å². The Bertz CT molecular complexity index is 881. The summed E-state index contributed by atoms with van der Waals surface area (Å²) in [6.07, 6.45) is 5.43. The van der Waals surface area contributed by atoms with Gasteiger partial charge in [-0.25, -0.2) is 4.39 Å². The summed E-state index contributed by atoms with van der Waals surface area (Å²) in [6, 6.07) is 10.6. The number of benzene rings is 1. The third-order valence-corrected chi connectivity index (χ3v) is 5.01. The molecule has 0 unspecified atom stereocenters. The lowest BCUT2D eigenvalue weighted by atomic mass is 10.2. The van der Waals surface area contributed by atoms with Crippen molar-refractivity contribution in [2.75, 3.05) is 7.05 Å². The molecule has 0 atom stereocenters. The van der Waals surface area contributed by atoms with E-state index in [9.17, 15) is 4.39 Å². The van der Waals surface area contributed by atoms with Gasteiger partial charge in [-0.2, -0.15) is 0 Å². The zero-order chi connectivity index (χ0) is 19.1. The average Bonchev–Trinajstić information content (AvgIpc) is 3.03. The number of thioether (sulfide) groups is 1. The molecule has 0 saturated heterocycles. The summed E-state index contributed by atoms with van der Waals surface area (Å²) in [4.78, 5) is 6.23. The first-order valence-corrected chi connectivity index (χ1v) is 9.62. The van der Waals surface area contributed by atoms with E-state index in [0.717, 1.165) is 23.1 Å². The molecule has 5 nitrogen and oxygen atoms in total. The van der Waals surface area contributed by atoms with Gasteiger partial charge in [0.1, 0.15) is 11.6 Å². The highest BCUT2D eigenvalue weighted by Crippen LogP contribution is 2.23. The lowest BCUT2D eigenvalue weighted by Gasteiger charge is -2.17. The Morgan fingerprint density at radius 1 is 1.15 bits per heavy atom. The fourth-order valence-electron chi connectivity index (χ4n) is 2.73. The maximum atomic E-state index is 13.4. The maximum Gasteiger partial charge on any atom is 0.191 e. The van der Waals surface area contributed by atoms with E-state index in [1.54, 1.807) is 36.3 Å². The van der Waals surface area contributed by atoms with Gasteiger partial charge in [-0.05, 0) is 42.4 Å². The van der Waals surface area contributed by atoms with E-state index in [-0.39, 0.29) is 5.82 Å². The van der Waals surface area contributed by atoms with E-state index >= 15 is 0 Å². The first-order chi connectivity index (χ1) is 13.2. The standard InChI is InChI=1S/C20H22FN5S/c1-3-11-26-19(14-25(2)13-16-7-9-22-10-8-16)23-24-20(26)27-15-17-5-4-6-18(21)12-17/h3-10,12H,1,11,13-15H2,2H3. The molecule has 0 aliphatic heterocycles. The largest absolute Gasteiger partial charge is 0.301 e. The zero-order valence-electron chi connectivity index (χ0n) is 15.3. The summed E-state index contributed by atoms with van der Waals surface area (Å²) in [5, 5.41) is 9.50.